The van der Waals surface area contributed by atoms with Crippen molar-refractivity contribution in [2.45, 2.75) is 13.0 Å². The molecule has 8 heteroatoms. The number of likely N-dealkylation sites (tertiary alicyclic amines) is 1. The molecule has 0 bridgehead atoms. The topological polar surface area (TPSA) is 91.4 Å². The van der Waals surface area contributed by atoms with Crippen LogP contribution in [0.1, 0.15) is 6.92 Å². The van der Waals surface area contributed by atoms with Crippen molar-refractivity contribution in [2.75, 3.05) is 31.6 Å². The van der Waals surface area contributed by atoms with E-state index in [-0.39, 0.29) is 17.5 Å². The molecule has 2 aromatic rings. The molecule has 26 heavy (non-hydrogen) atoms. The zero-order chi connectivity index (χ0) is 18.7. The third-order valence-corrected chi connectivity index (χ3v) is 4.47. The van der Waals surface area contributed by atoms with Crippen molar-refractivity contribution in [1.29, 1.82) is 0 Å². The molecule has 3 rings (SSSR count). The Morgan fingerprint density at radius 2 is 2.23 bits per heavy atom. The van der Waals surface area contributed by atoms with Crippen LogP contribution in [0.15, 0.2) is 42.1 Å². The second kappa shape index (κ2) is 7.38. The lowest BCUT2D eigenvalue weighted by atomic mass is 10.1. The Labute approximate surface area is 151 Å². The smallest absolute Gasteiger partial charge is 0.271 e. The molecule has 8 nitrogen and oxygen atoms in total. The number of ether oxygens (including phenoxy) is 1. The van der Waals surface area contributed by atoms with Gasteiger partial charge in [0.25, 0.3) is 5.56 Å². The Hall–Kier alpha value is -3.16. The van der Waals surface area contributed by atoms with Crippen LogP contribution in [0, 0.1) is 0 Å². The summed E-state index contributed by atoms with van der Waals surface area (Å²) in [5.74, 6) is 0.362. The average Bonchev–Trinajstić information content (AvgIpc) is 2.64. The summed E-state index contributed by atoms with van der Waals surface area (Å²) in [6.45, 7) is 7.29. The van der Waals surface area contributed by atoms with E-state index in [2.05, 4.69) is 21.5 Å². The lowest BCUT2D eigenvalue weighted by molar-refractivity contribution is -0.130. The van der Waals surface area contributed by atoms with Gasteiger partial charge in [-0.3, -0.25) is 9.59 Å². The summed E-state index contributed by atoms with van der Waals surface area (Å²) in [5.41, 5.74) is 1.79. The van der Waals surface area contributed by atoms with Crippen molar-refractivity contribution in [1.82, 2.24) is 19.9 Å². The number of carbonyl (C=O) groups is 1. The Morgan fingerprint density at radius 1 is 1.46 bits per heavy atom. The number of hydrogen-bond acceptors (Lipinski definition) is 6. The molecule has 1 aliphatic rings. The number of nitrogens with one attached hydrogen (secondary N) is 1. The fourth-order valence-electron chi connectivity index (χ4n) is 3.03. The molecule has 0 radical (unpaired) electrons. The number of aromatic nitrogens is 3. The van der Waals surface area contributed by atoms with Crippen molar-refractivity contribution in [3.8, 4) is 17.1 Å². The van der Waals surface area contributed by atoms with E-state index < -0.39 is 0 Å². The quantitative estimate of drug-likeness (QED) is 0.779. The highest BCUT2D eigenvalue weighted by Crippen LogP contribution is 2.25. The first-order valence-corrected chi connectivity index (χ1v) is 8.34. The number of anilines is 1. The number of nitrogens with zero attached hydrogens (tertiary/aromatic N) is 4. The third kappa shape index (κ3) is 3.30. The summed E-state index contributed by atoms with van der Waals surface area (Å²) in [7, 11) is 1.54. The van der Waals surface area contributed by atoms with Gasteiger partial charge < -0.3 is 19.5 Å². The van der Waals surface area contributed by atoms with E-state index in [9.17, 15) is 9.59 Å². The van der Waals surface area contributed by atoms with Crippen LogP contribution in [-0.4, -0.2) is 58.5 Å². The zero-order valence-corrected chi connectivity index (χ0v) is 14.8. The lowest BCUT2D eigenvalue weighted by Crippen LogP contribution is -2.61. The molecule has 1 saturated heterocycles. The fraction of sp³-hybridized carbons (Fsp3) is 0.333. The van der Waals surface area contributed by atoms with Crippen LogP contribution in [0.25, 0.3) is 11.3 Å². The number of amides is 1. The summed E-state index contributed by atoms with van der Waals surface area (Å²) in [6, 6.07) is 3.61. The largest absolute Gasteiger partial charge is 0.481 e. The van der Waals surface area contributed by atoms with Gasteiger partial charge in [-0.05, 0) is 19.1 Å². The van der Waals surface area contributed by atoms with Crippen LogP contribution < -0.4 is 15.2 Å². The highest BCUT2D eigenvalue weighted by atomic mass is 16.5. The number of rotatable bonds is 6. The second-order valence-electron chi connectivity index (χ2n) is 5.94. The van der Waals surface area contributed by atoms with E-state index in [1.54, 1.807) is 17.2 Å². The van der Waals surface area contributed by atoms with E-state index in [0.29, 0.717) is 36.9 Å². The number of hydrogen-bond donors (Lipinski definition) is 1. The first-order valence-electron chi connectivity index (χ1n) is 8.34. The number of methoxy groups -OCH3 is 1. The first kappa shape index (κ1) is 17.7. The van der Waals surface area contributed by atoms with Gasteiger partial charge in [-0.2, -0.15) is 0 Å². The summed E-state index contributed by atoms with van der Waals surface area (Å²) >= 11 is 0. The van der Waals surface area contributed by atoms with Crippen LogP contribution in [0.3, 0.4) is 0 Å². The normalized spacial score (nSPS) is 13.8. The molecule has 0 saturated carbocycles. The molecule has 1 fully saturated rings. The molecule has 0 spiro atoms. The summed E-state index contributed by atoms with van der Waals surface area (Å²) in [4.78, 5) is 38.8. The first-order chi connectivity index (χ1) is 12.6. The lowest BCUT2D eigenvalue weighted by Gasteiger charge is -2.45. The maximum absolute atomic E-state index is 12.4. The highest BCUT2D eigenvalue weighted by molar-refractivity contribution is 5.87. The van der Waals surface area contributed by atoms with Gasteiger partial charge in [-0.15, -0.1) is 0 Å². The summed E-state index contributed by atoms with van der Waals surface area (Å²) < 4.78 is 5.13. The molecule has 136 valence electrons. The van der Waals surface area contributed by atoms with Crippen molar-refractivity contribution < 1.29 is 9.53 Å². The van der Waals surface area contributed by atoms with Crippen LogP contribution in [0.5, 0.6) is 5.88 Å². The fourth-order valence-corrected chi connectivity index (χ4v) is 3.03. The molecule has 1 amide bonds. The molecular weight excluding hydrogens is 334 g/mol. The molecular formula is C18H21N5O3. The number of aromatic amines is 1. The molecule has 2 aromatic heterocycles. The minimum Gasteiger partial charge on any atom is -0.481 e. The molecule has 0 aliphatic carbocycles. The highest BCUT2D eigenvalue weighted by Gasteiger charge is 2.34. The van der Waals surface area contributed by atoms with E-state index in [4.69, 9.17) is 4.74 Å². The van der Waals surface area contributed by atoms with Gasteiger partial charge in [-0.1, -0.05) is 6.58 Å². The number of likely N-dealkylation sites (N-methyl/N-ethyl adjacent to an activating group) is 1. The van der Waals surface area contributed by atoms with Gasteiger partial charge in [-0.25, -0.2) is 9.97 Å². The Balaban J connectivity index is 1.88. The van der Waals surface area contributed by atoms with Crippen LogP contribution in [0.4, 0.5) is 5.69 Å². The van der Waals surface area contributed by atoms with Crippen molar-refractivity contribution in [3.63, 3.8) is 0 Å². The van der Waals surface area contributed by atoms with Crippen LogP contribution in [0.2, 0.25) is 0 Å². The van der Waals surface area contributed by atoms with Gasteiger partial charge in [0, 0.05) is 37.5 Å². The molecule has 3 heterocycles. The minimum atomic E-state index is -0.176. The van der Waals surface area contributed by atoms with Gasteiger partial charge in [0.2, 0.25) is 11.8 Å². The standard InChI is InChI=1S/C18H21N5O3/c1-4-17(24)22-9-13(10-22)23(5-2)15-6-12(8-19-18(15)25)14-7-16(26-3)21-11-20-14/h4,6-8,11,13H,1,5,9-10H2,2-3H3,(H,19,25). The summed E-state index contributed by atoms with van der Waals surface area (Å²) in [6.07, 6.45) is 4.35. The third-order valence-electron chi connectivity index (χ3n) is 4.47. The number of pyridine rings is 1. The molecule has 1 N–H and O–H groups in total. The van der Waals surface area contributed by atoms with E-state index >= 15 is 0 Å². The van der Waals surface area contributed by atoms with E-state index in [1.807, 2.05) is 17.9 Å². The Bertz CT molecular complexity index is 873. The van der Waals surface area contributed by atoms with Crippen molar-refractivity contribution in [3.05, 3.63) is 47.7 Å². The molecule has 1 aliphatic heterocycles. The predicted molar refractivity (Wildman–Crippen MR) is 98.2 cm³/mol. The SMILES string of the molecule is C=CC(=O)N1CC(N(CC)c2cc(-c3cc(OC)ncn3)c[nH]c2=O)C1. The Kier molecular flexibility index (Phi) is 5.01. The molecule has 0 aromatic carbocycles. The predicted octanol–water partition coefficient (Wildman–Crippen LogP) is 1.06. The van der Waals surface area contributed by atoms with Gasteiger partial charge in [0.15, 0.2) is 0 Å². The maximum atomic E-state index is 12.4. The van der Waals surface area contributed by atoms with Crippen molar-refractivity contribution >= 4 is 11.6 Å². The Morgan fingerprint density at radius 3 is 2.88 bits per heavy atom. The minimum absolute atomic E-state index is 0.0898. The van der Waals surface area contributed by atoms with Gasteiger partial charge >= 0.3 is 0 Å². The number of carbonyl (C=O) groups excluding carboxylic acids is 1. The molecule has 0 atom stereocenters. The number of H-pyrrole nitrogens is 1. The second-order valence-corrected chi connectivity index (χ2v) is 5.94. The van der Waals surface area contributed by atoms with E-state index in [0.717, 1.165) is 5.56 Å². The van der Waals surface area contributed by atoms with Gasteiger partial charge in [0.1, 0.15) is 12.0 Å². The zero-order valence-electron chi connectivity index (χ0n) is 14.8. The average molecular weight is 355 g/mol. The maximum Gasteiger partial charge on any atom is 0.271 e. The van der Waals surface area contributed by atoms with Crippen molar-refractivity contribution in [2.24, 2.45) is 0 Å². The molecule has 0 unspecified atom stereocenters. The monoisotopic (exact) mass is 355 g/mol. The summed E-state index contributed by atoms with van der Waals surface area (Å²) in [5, 5.41) is 0. The van der Waals surface area contributed by atoms with Crippen LogP contribution >= 0.6 is 0 Å². The van der Waals surface area contributed by atoms with Gasteiger partial charge in [0.05, 0.1) is 18.8 Å². The van der Waals surface area contributed by atoms with Crippen LogP contribution in [-0.2, 0) is 4.79 Å². The van der Waals surface area contributed by atoms with E-state index in [1.165, 1.54) is 19.5 Å².